The van der Waals surface area contributed by atoms with Crippen LogP contribution in [0.15, 0.2) is 0 Å². The molecule has 12 heavy (non-hydrogen) atoms. The van der Waals surface area contributed by atoms with Crippen LogP contribution in [0.3, 0.4) is 0 Å². The Morgan fingerprint density at radius 1 is 1.67 bits per heavy atom. The van der Waals surface area contributed by atoms with E-state index in [0.29, 0.717) is 5.92 Å². The van der Waals surface area contributed by atoms with Gasteiger partial charge in [-0.3, -0.25) is 5.10 Å². The predicted octanol–water partition coefficient (Wildman–Crippen LogP) is 0.572. The van der Waals surface area contributed by atoms with Gasteiger partial charge < -0.3 is 5.73 Å². The maximum atomic E-state index is 5.64. The van der Waals surface area contributed by atoms with Crippen LogP contribution >= 0.6 is 0 Å². The van der Waals surface area contributed by atoms with E-state index in [2.05, 4.69) is 15.2 Å². The Morgan fingerprint density at radius 2 is 2.42 bits per heavy atom. The van der Waals surface area contributed by atoms with Crippen molar-refractivity contribution in [3.05, 3.63) is 11.6 Å². The lowest BCUT2D eigenvalue weighted by Crippen LogP contribution is -2.18. The molecule has 2 rings (SSSR count). The summed E-state index contributed by atoms with van der Waals surface area (Å²) in [5.41, 5.74) is 5.64. The molecule has 0 radical (unpaired) electrons. The van der Waals surface area contributed by atoms with E-state index in [1.807, 2.05) is 6.92 Å². The average Bonchev–Trinajstić information content (AvgIpc) is 2.73. The molecule has 4 nitrogen and oxygen atoms in total. The van der Waals surface area contributed by atoms with Crippen molar-refractivity contribution in [1.29, 1.82) is 0 Å². The molecule has 0 amide bonds. The standard InChI is InChI=1S/C8H14N4/c1-5(9)4-7-10-8(12-11-7)6-2-3-6/h5-6H,2-4,9H2,1H3,(H,10,11,12)/t5-/m1/s1. The normalized spacial score (nSPS) is 19.5. The van der Waals surface area contributed by atoms with E-state index in [1.165, 1.54) is 12.8 Å². The minimum Gasteiger partial charge on any atom is -0.328 e. The molecule has 66 valence electrons. The summed E-state index contributed by atoms with van der Waals surface area (Å²) >= 11 is 0. The van der Waals surface area contributed by atoms with Crippen LogP contribution in [-0.4, -0.2) is 21.2 Å². The summed E-state index contributed by atoms with van der Waals surface area (Å²) in [6, 6.07) is 0.157. The number of rotatable bonds is 3. The fraction of sp³-hybridized carbons (Fsp3) is 0.750. The molecule has 1 heterocycles. The van der Waals surface area contributed by atoms with Gasteiger partial charge in [0.05, 0.1) is 0 Å². The number of nitrogens with one attached hydrogen (secondary N) is 1. The second-order valence-corrected chi connectivity index (χ2v) is 3.60. The molecule has 1 fully saturated rings. The fourth-order valence-electron chi connectivity index (χ4n) is 1.23. The first-order valence-electron chi connectivity index (χ1n) is 4.42. The SMILES string of the molecule is C[C@@H](N)Cc1nc(C2CC2)n[nH]1. The molecule has 1 saturated carbocycles. The minimum atomic E-state index is 0.157. The number of nitrogens with two attached hydrogens (primary N) is 1. The van der Waals surface area contributed by atoms with Gasteiger partial charge in [0.1, 0.15) is 5.82 Å². The largest absolute Gasteiger partial charge is 0.328 e. The lowest BCUT2D eigenvalue weighted by molar-refractivity contribution is 0.704. The van der Waals surface area contributed by atoms with E-state index in [-0.39, 0.29) is 6.04 Å². The summed E-state index contributed by atoms with van der Waals surface area (Å²) in [7, 11) is 0. The third-order valence-electron chi connectivity index (χ3n) is 2.01. The van der Waals surface area contributed by atoms with Gasteiger partial charge in [-0.05, 0) is 19.8 Å². The summed E-state index contributed by atoms with van der Waals surface area (Å²) in [5, 5.41) is 7.06. The van der Waals surface area contributed by atoms with Crippen molar-refractivity contribution in [1.82, 2.24) is 15.2 Å². The summed E-state index contributed by atoms with van der Waals surface area (Å²) in [6.07, 6.45) is 3.28. The number of H-pyrrole nitrogens is 1. The third-order valence-corrected chi connectivity index (χ3v) is 2.01. The lowest BCUT2D eigenvalue weighted by atomic mass is 10.2. The van der Waals surface area contributed by atoms with Gasteiger partial charge >= 0.3 is 0 Å². The number of hydrogen-bond donors (Lipinski definition) is 2. The van der Waals surface area contributed by atoms with Crippen LogP contribution in [0.25, 0.3) is 0 Å². The molecule has 0 aliphatic heterocycles. The highest BCUT2D eigenvalue weighted by Gasteiger charge is 2.27. The van der Waals surface area contributed by atoms with Crippen LogP contribution in [0, 0.1) is 0 Å². The quantitative estimate of drug-likeness (QED) is 0.690. The summed E-state index contributed by atoms with van der Waals surface area (Å²) in [6.45, 7) is 1.97. The van der Waals surface area contributed by atoms with Crippen molar-refractivity contribution < 1.29 is 0 Å². The second kappa shape index (κ2) is 2.86. The van der Waals surface area contributed by atoms with Crippen LogP contribution in [0.5, 0.6) is 0 Å². The van der Waals surface area contributed by atoms with Gasteiger partial charge in [0.2, 0.25) is 0 Å². The van der Waals surface area contributed by atoms with Crippen molar-refractivity contribution in [2.45, 2.75) is 38.1 Å². The highest BCUT2D eigenvalue weighted by molar-refractivity contribution is 5.05. The molecule has 1 aromatic heterocycles. The van der Waals surface area contributed by atoms with Crippen LogP contribution < -0.4 is 5.73 Å². The van der Waals surface area contributed by atoms with E-state index in [4.69, 9.17) is 5.73 Å². The van der Waals surface area contributed by atoms with Crippen molar-refractivity contribution in [2.75, 3.05) is 0 Å². The molecule has 1 aliphatic rings. The monoisotopic (exact) mass is 166 g/mol. The first-order valence-corrected chi connectivity index (χ1v) is 4.42. The van der Waals surface area contributed by atoms with Crippen molar-refractivity contribution in [3.63, 3.8) is 0 Å². The molecule has 0 saturated heterocycles. The number of nitrogens with zero attached hydrogens (tertiary/aromatic N) is 2. The summed E-state index contributed by atoms with van der Waals surface area (Å²) in [4.78, 5) is 4.37. The Morgan fingerprint density at radius 3 is 3.00 bits per heavy atom. The first-order chi connectivity index (χ1) is 5.75. The number of aromatic nitrogens is 3. The molecule has 1 aliphatic carbocycles. The van der Waals surface area contributed by atoms with E-state index >= 15 is 0 Å². The lowest BCUT2D eigenvalue weighted by Gasteiger charge is -1.98. The third kappa shape index (κ3) is 1.64. The van der Waals surface area contributed by atoms with Crippen LogP contribution in [0.4, 0.5) is 0 Å². The maximum absolute atomic E-state index is 5.64. The Balaban J connectivity index is 2.03. The Labute approximate surface area is 71.6 Å². The number of hydrogen-bond acceptors (Lipinski definition) is 3. The molecule has 0 spiro atoms. The molecule has 1 aromatic rings. The van der Waals surface area contributed by atoms with Gasteiger partial charge in [-0.2, -0.15) is 5.10 Å². The van der Waals surface area contributed by atoms with Crippen LogP contribution in [0.2, 0.25) is 0 Å². The molecule has 4 heteroatoms. The van der Waals surface area contributed by atoms with Gasteiger partial charge in [-0.25, -0.2) is 4.98 Å². The van der Waals surface area contributed by atoms with Gasteiger partial charge in [0.15, 0.2) is 5.82 Å². The molecule has 0 unspecified atom stereocenters. The van der Waals surface area contributed by atoms with E-state index in [1.54, 1.807) is 0 Å². The predicted molar refractivity (Wildman–Crippen MR) is 45.7 cm³/mol. The van der Waals surface area contributed by atoms with Crippen molar-refractivity contribution in [2.24, 2.45) is 5.73 Å². The topological polar surface area (TPSA) is 67.6 Å². The molecule has 1 atom stereocenters. The maximum Gasteiger partial charge on any atom is 0.153 e. The zero-order valence-corrected chi connectivity index (χ0v) is 7.25. The molecule has 0 bridgehead atoms. The fourth-order valence-corrected chi connectivity index (χ4v) is 1.23. The minimum absolute atomic E-state index is 0.157. The molecule has 0 aromatic carbocycles. The Kier molecular flexibility index (Phi) is 1.84. The average molecular weight is 166 g/mol. The zero-order valence-electron chi connectivity index (χ0n) is 7.25. The first kappa shape index (κ1) is 7.73. The molecular weight excluding hydrogens is 152 g/mol. The van der Waals surface area contributed by atoms with Gasteiger partial charge in [-0.15, -0.1) is 0 Å². The van der Waals surface area contributed by atoms with E-state index in [0.717, 1.165) is 18.1 Å². The van der Waals surface area contributed by atoms with Gasteiger partial charge in [0.25, 0.3) is 0 Å². The Hall–Kier alpha value is -0.900. The van der Waals surface area contributed by atoms with Crippen molar-refractivity contribution in [3.8, 4) is 0 Å². The molecular formula is C8H14N4. The van der Waals surface area contributed by atoms with E-state index in [9.17, 15) is 0 Å². The van der Waals surface area contributed by atoms with Crippen molar-refractivity contribution >= 4 is 0 Å². The van der Waals surface area contributed by atoms with Crippen LogP contribution in [-0.2, 0) is 6.42 Å². The summed E-state index contributed by atoms with van der Waals surface area (Å²) in [5.74, 6) is 2.53. The van der Waals surface area contributed by atoms with Crippen LogP contribution in [0.1, 0.15) is 37.3 Å². The summed E-state index contributed by atoms with van der Waals surface area (Å²) < 4.78 is 0. The van der Waals surface area contributed by atoms with Gasteiger partial charge in [0, 0.05) is 18.4 Å². The molecule has 3 N–H and O–H groups in total. The highest BCUT2D eigenvalue weighted by Crippen LogP contribution is 2.37. The Bertz CT molecular complexity index is 262. The smallest absolute Gasteiger partial charge is 0.153 e. The van der Waals surface area contributed by atoms with Gasteiger partial charge in [-0.1, -0.05) is 0 Å². The highest BCUT2D eigenvalue weighted by atomic mass is 15.2. The second-order valence-electron chi connectivity index (χ2n) is 3.60. The van der Waals surface area contributed by atoms with E-state index < -0.39 is 0 Å². The zero-order chi connectivity index (χ0) is 8.55. The number of aromatic amines is 1.